The van der Waals surface area contributed by atoms with Gasteiger partial charge in [-0.3, -0.25) is 14.2 Å². The Kier molecular flexibility index (Phi) is 5.87. The van der Waals surface area contributed by atoms with Gasteiger partial charge in [-0.25, -0.2) is 0 Å². The number of amides is 1. The van der Waals surface area contributed by atoms with Crippen LogP contribution in [0, 0.1) is 12.8 Å². The van der Waals surface area contributed by atoms with E-state index in [-0.39, 0.29) is 37.5 Å². The van der Waals surface area contributed by atoms with E-state index in [4.69, 9.17) is 0 Å². The Labute approximate surface area is 168 Å². The van der Waals surface area contributed by atoms with Gasteiger partial charge in [0.2, 0.25) is 5.91 Å². The molecule has 2 aromatic heterocycles. The maximum absolute atomic E-state index is 13.1. The lowest BCUT2D eigenvalue weighted by Crippen LogP contribution is -2.33. The van der Waals surface area contributed by atoms with Crippen molar-refractivity contribution < 1.29 is 31.1 Å². The predicted octanol–water partition coefficient (Wildman–Crippen LogP) is 3.37. The van der Waals surface area contributed by atoms with Gasteiger partial charge in [0.05, 0.1) is 0 Å². The fourth-order valence-electron chi connectivity index (χ4n) is 3.54. The van der Waals surface area contributed by atoms with Crippen LogP contribution in [0.1, 0.15) is 41.7 Å². The van der Waals surface area contributed by atoms with Crippen molar-refractivity contribution in [2.24, 2.45) is 5.92 Å². The molecule has 6 nitrogen and oxygen atoms in total. The third-order valence-corrected chi connectivity index (χ3v) is 4.97. The maximum atomic E-state index is 13.1. The van der Waals surface area contributed by atoms with E-state index >= 15 is 0 Å². The van der Waals surface area contributed by atoms with Crippen LogP contribution in [0.5, 0.6) is 0 Å². The number of carbonyl (C=O) groups is 1. The highest BCUT2D eigenvalue weighted by molar-refractivity contribution is 5.75. The molecule has 0 saturated heterocycles. The first kappa shape index (κ1) is 22.2. The molecule has 2 aromatic rings. The molecule has 1 aliphatic rings. The van der Waals surface area contributed by atoms with E-state index in [9.17, 15) is 31.1 Å². The maximum Gasteiger partial charge on any atom is 0.435 e. The lowest BCUT2D eigenvalue weighted by Gasteiger charge is -2.14. The van der Waals surface area contributed by atoms with Gasteiger partial charge in [-0.05, 0) is 38.2 Å². The molecule has 3 rings (SSSR count). The molecule has 1 N–H and O–H groups in total. The normalized spacial score (nSPS) is 15.3. The third-order valence-electron chi connectivity index (χ3n) is 4.97. The van der Waals surface area contributed by atoms with Gasteiger partial charge < -0.3 is 5.32 Å². The number of aryl methyl sites for hydroxylation is 1. The van der Waals surface area contributed by atoms with Crippen molar-refractivity contribution in [3.8, 4) is 0 Å². The number of carbonyl (C=O) groups excluding carboxylic acids is 1. The molecule has 0 aromatic carbocycles. The number of nitrogens with one attached hydrogen (secondary N) is 1. The second-order valence-electron chi connectivity index (χ2n) is 7.54. The van der Waals surface area contributed by atoms with Crippen LogP contribution in [-0.4, -0.2) is 32.0 Å². The van der Waals surface area contributed by atoms with E-state index in [2.05, 4.69) is 15.5 Å². The van der Waals surface area contributed by atoms with Crippen LogP contribution in [0.3, 0.4) is 0 Å². The van der Waals surface area contributed by atoms with Crippen molar-refractivity contribution >= 4 is 5.91 Å². The van der Waals surface area contributed by atoms with Crippen LogP contribution in [-0.2, 0) is 43.1 Å². The summed E-state index contributed by atoms with van der Waals surface area (Å²) in [6.45, 7) is 3.17. The summed E-state index contributed by atoms with van der Waals surface area (Å²) in [6.07, 6.45) is -7.81. The number of rotatable bonds is 6. The zero-order chi connectivity index (χ0) is 22.3. The first-order chi connectivity index (χ1) is 13.9. The molecule has 0 saturated carbocycles. The number of aromatic nitrogens is 4. The fraction of sp³-hybridized carbons (Fsp3) is 0.611. The molecular weight excluding hydrogens is 416 g/mol. The summed E-state index contributed by atoms with van der Waals surface area (Å²) < 4.78 is 79.9. The molecule has 1 unspecified atom stereocenters. The SMILES string of the molecule is Cc1cc(C(F)(F)F)nn1CC(C)CNC(=O)Cn1nc(C(F)(F)F)c2c1CCC2. The zero-order valence-electron chi connectivity index (χ0n) is 16.4. The second-order valence-corrected chi connectivity index (χ2v) is 7.54. The van der Waals surface area contributed by atoms with E-state index in [1.165, 1.54) is 11.6 Å². The van der Waals surface area contributed by atoms with Crippen LogP contribution in [0.15, 0.2) is 6.07 Å². The van der Waals surface area contributed by atoms with Crippen LogP contribution >= 0.6 is 0 Å². The number of hydrogen-bond donors (Lipinski definition) is 1. The van der Waals surface area contributed by atoms with Crippen molar-refractivity contribution in [3.05, 3.63) is 34.4 Å². The largest absolute Gasteiger partial charge is 0.435 e. The molecule has 166 valence electrons. The van der Waals surface area contributed by atoms with Crippen LogP contribution in [0.4, 0.5) is 26.3 Å². The van der Waals surface area contributed by atoms with Gasteiger partial charge in [-0.2, -0.15) is 36.5 Å². The van der Waals surface area contributed by atoms with Gasteiger partial charge in [0.15, 0.2) is 11.4 Å². The standard InChI is InChI=1S/C18H21F6N5O/c1-10(8-28-11(2)6-14(26-28)17(19,20)21)7-25-15(30)9-29-13-5-3-4-12(13)16(27-29)18(22,23)24/h6,10H,3-5,7-9H2,1-2H3,(H,25,30). The summed E-state index contributed by atoms with van der Waals surface area (Å²) >= 11 is 0. The minimum atomic E-state index is -4.57. The molecule has 0 spiro atoms. The molecule has 0 radical (unpaired) electrons. The monoisotopic (exact) mass is 437 g/mol. The zero-order valence-corrected chi connectivity index (χ0v) is 16.4. The van der Waals surface area contributed by atoms with E-state index in [1.807, 2.05) is 0 Å². The van der Waals surface area contributed by atoms with E-state index in [0.29, 0.717) is 24.2 Å². The van der Waals surface area contributed by atoms with Gasteiger partial charge in [-0.1, -0.05) is 6.92 Å². The Bertz CT molecular complexity index is 927. The number of halogens is 6. The van der Waals surface area contributed by atoms with Crippen molar-refractivity contribution in [1.82, 2.24) is 24.9 Å². The summed E-state index contributed by atoms with van der Waals surface area (Å²) in [5.41, 5.74) is -1.00. The molecule has 1 amide bonds. The van der Waals surface area contributed by atoms with Gasteiger partial charge in [-0.15, -0.1) is 0 Å². The Morgan fingerprint density at radius 3 is 2.43 bits per heavy atom. The second kappa shape index (κ2) is 7.95. The van der Waals surface area contributed by atoms with Gasteiger partial charge >= 0.3 is 12.4 Å². The first-order valence-corrected chi connectivity index (χ1v) is 9.40. The lowest BCUT2D eigenvalue weighted by atomic mass is 10.2. The van der Waals surface area contributed by atoms with Crippen molar-refractivity contribution in [1.29, 1.82) is 0 Å². The molecule has 0 aliphatic heterocycles. The van der Waals surface area contributed by atoms with E-state index in [0.717, 1.165) is 10.7 Å². The fourth-order valence-corrected chi connectivity index (χ4v) is 3.54. The summed E-state index contributed by atoms with van der Waals surface area (Å²) in [4.78, 5) is 12.2. The Morgan fingerprint density at radius 2 is 1.83 bits per heavy atom. The third kappa shape index (κ3) is 4.78. The Balaban J connectivity index is 1.57. The average Bonchev–Trinajstić information content (AvgIpc) is 3.29. The van der Waals surface area contributed by atoms with Gasteiger partial charge in [0, 0.05) is 30.0 Å². The minimum absolute atomic E-state index is 0.134. The molecule has 0 bridgehead atoms. The lowest BCUT2D eigenvalue weighted by molar-refractivity contribution is -0.142. The number of alkyl halides is 6. The Hall–Kier alpha value is -2.53. The van der Waals surface area contributed by atoms with E-state index in [1.54, 1.807) is 6.92 Å². The predicted molar refractivity (Wildman–Crippen MR) is 93.4 cm³/mol. The molecular formula is C18H21F6N5O. The van der Waals surface area contributed by atoms with Crippen molar-refractivity contribution in [3.63, 3.8) is 0 Å². The molecule has 30 heavy (non-hydrogen) atoms. The summed E-state index contributed by atoms with van der Waals surface area (Å²) in [6, 6.07) is 0.946. The Morgan fingerprint density at radius 1 is 1.13 bits per heavy atom. The summed E-state index contributed by atoms with van der Waals surface area (Å²) in [5, 5.41) is 9.73. The topological polar surface area (TPSA) is 64.7 Å². The van der Waals surface area contributed by atoms with Crippen LogP contribution in [0.25, 0.3) is 0 Å². The van der Waals surface area contributed by atoms with Crippen LogP contribution < -0.4 is 5.32 Å². The number of nitrogens with zero attached hydrogens (tertiary/aromatic N) is 4. The number of fused-ring (bicyclic) bond motifs is 1. The highest BCUT2D eigenvalue weighted by atomic mass is 19.4. The number of hydrogen-bond acceptors (Lipinski definition) is 3. The molecule has 12 heteroatoms. The van der Waals surface area contributed by atoms with Crippen LogP contribution in [0.2, 0.25) is 0 Å². The van der Waals surface area contributed by atoms with Crippen molar-refractivity contribution in [2.45, 2.75) is 58.6 Å². The quantitative estimate of drug-likeness (QED) is 0.705. The highest BCUT2D eigenvalue weighted by Crippen LogP contribution is 2.36. The molecule has 1 aliphatic carbocycles. The van der Waals surface area contributed by atoms with Crippen molar-refractivity contribution in [2.75, 3.05) is 6.54 Å². The van der Waals surface area contributed by atoms with Gasteiger partial charge in [0.1, 0.15) is 6.54 Å². The summed E-state index contributed by atoms with van der Waals surface area (Å²) in [7, 11) is 0. The smallest absolute Gasteiger partial charge is 0.354 e. The summed E-state index contributed by atoms with van der Waals surface area (Å²) in [5.74, 6) is -0.761. The highest BCUT2D eigenvalue weighted by Gasteiger charge is 2.40. The van der Waals surface area contributed by atoms with E-state index < -0.39 is 29.6 Å². The average molecular weight is 437 g/mol. The van der Waals surface area contributed by atoms with Gasteiger partial charge in [0.25, 0.3) is 0 Å². The molecule has 0 fully saturated rings. The molecule has 1 atom stereocenters. The first-order valence-electron chi connectivity index (χ1n) is 9.40. The molecule has 2 heterocycles. The minimum Gasteiger partial charge on any atom is -0.354 e.